The van der Waals surface area contributed by atoms with Crippen LogP contribution < -0.4 is 10.1 Å². The molecule has 231 valence electrons. The summed E-state index contributed by atoms with van der Waals surface area (Å²) in [5, 5.41) is 18.3. The van der Waals surface area contributed by atoms with Gasteiger partial charge in [0.05, 0.1) is 29.6 Å². The van der Waals surface area contributed by atoms with E-state index in [-0.39, 0.29) is 11.1 Å². The molecule has 2 aromatic heterocycles. The molecule has 0 saturated carbocycles. The number of carbonyl (C=O) groups is 1. The van der Waals surface area contributed by atoms with Crippen LogP contribution in [-0.2, 0) is 25.9 Å². The largest absolute Gasteiger partial charge is 0.416 e. The van der Waals surface area contributed by atoms with Gasteiger partial charge < -0.3 is 24.1 Å². The highest BCUT2D eigenvalue weighted by molar-refractivity contribution is 6.74. The van der Waals surface area contributed by atoms with Gasteiger partial charge in [-0.3, -0.25) is 0 Å². The van der Waals surface area contributed by atoms with Crippen LogP contribution in [0.1, 0.15) is 63.8 Å². The van der Waals surface area contributed by atoms with E-state index in [1.807, 2.05) is 34.6 Å². The summed E-state index contributed by atoms with van der Waals surface area (Å²) < 4.78 is 14.6. The Bertz CT molecular complexity index is 1560. The van der Waals surface area contributed by atoms with Crippen LogP contribution in [0.3, 0.4) is 0 Å². The highest BCUT2D eigenvalue weighted by Gasteiger charge is 2.44. The number of carbonyl (C=O) groups excluding carboxylic acids is 1. The number of nitriles is 1. The van der Waals surface area contributed by atoms with E-state index in [0.717, 1.165) is 60.4 Å². The minimum Gasteiger partial charge on any atom is -0.416 e. The molecule has 1 saturated heterocycles. The number of anilines is 3. The van der Waals surface area contributed by atoms with Gasteiger partial charge in [0.1, 0.15) is 18.1 Å². The van der Waals surface area contributed by atoms with Gasteiger partial charge in [-0.1, -0.05) is 27.7 Å². The topological polar surface area (TPSA) is 118 Å². The van der Waals surface area contributed by atoms with Gasteiger partial charge in [-0.25, -0.2) is 14.6 Å². The number of ether oxygens (including phenoxy) is 1. The highest BCUT2D eigenvalue weighted by atomic mass is 28.4. The van der Waals surface area contributed by atoms with E-state index in [1.165, 1.54) is 7.41 Å². The maximum absolute atomic E-state index is 11.6. The van der Waals surface area contributed by atoms with Crippen molar-refractivity contribution in [1.29, 1.82) is 5.26 Å². The van der Waals surface area contributed by atoms with Gasteiger partial charge in [0.15, 0.2) is 8.32 Å². The summed E-state index contributed by atoms with van der Waals surface area (Å²) >= 11 is 0. The zero-order valence-electron chi connectivity index (χ0n) is 27.0. The molecule has 12 heteroatoms. The monoisotopic (exact) mass is 612 g/mol. The van der Waals surface area contributed by atoms with Crippen molar-refractivity contribution in [2.45, 2.75) is 90.1 Å². The summed E-state index contributed by atoms with van der Waals surface area (Å²) in [7, 11) is -0.543. The van der Waals surface area contributed by atoms with Crippen LogP contribution in [0, 0.1) is 18.3 Å². The van der Waals surface area contributed by atoms with Crippen molar-refractivity contribution in [3.8, 4) is 17.3 Å². The van der Waals surface area contributed by atoms with Crippen molar-refractivity contribution < 1.29 is 14.0 Å². The Morgan fingerprint density at radius 1 is 1.30 bits per heavy atom. The van der Waals surface area contributed by atoms with Crippen LogP contribution in [-0.4, -0.2) is 67.5 Å². The van der Waals surface area contributed by atoms with Gasteiger partial charge in [0, 0.05) is 48.7 Å². The van der Waals surface area contributed by atoms with Gasteiger partial charge in [0.2, 0.25) is 5.95 Å². The third kappa shape index (κ3) is 6.60. The molecule has 1 radical (unpaired) electrons. The van der Waals surface area contributed by atoms with Crippen molar-refractivity contribution in [3.05, 3.63) is 47.3 Å². The number of aryl methyl sites for hydroxylation is 1. The number of aromatic nitrogens is 4. The van der Waals surface area contributed by atoms with Crippen molar-refractivity contribution in [2.24, 2.45) is 0 Å². The Morgan fingerprint density at radius 3 is 2.77 bits per heavy atom. The molecule has 0 aliphatic carbocycles. The lowest BCUT2D eigenvalue weighted by Crippen LogP contribution is -2.46. The van der Waals surface area contributed by atoms with Crippen molar-refractivity contribution >= 4 is 39.4 Å². The van der Waals surface area contributed by atoms with Crippen LogP contribution in [0.15, 0.2) is 30.5 Å². The Balaban J connectivity index is 1.47. The second kappa shape index (κ2) is 12.5. The van der Waals surface area contributed by atoms with E-state index in [9.17, 15) is 10.1 Å². The second-order valence-electron chi connectivity index (χ2n) is 13.8. The molecule has 0 bridgehead atoms. The summed E-state index contributed by atoms with van der Waals surface area (Å²) in [5.74, 6) is 1.24. The number of nitrogens with one attached hydrogen (secondary N) is 1. The summed E-state index contributed by atoms with van der Waals surface area (Å²) in [6.07, 6.45) is 5.91. The van der Waals surface area contributed by atoms with E-state index in [1.54, 1.807) is 6.20 Å². The van der Waals surface area contributed by atoms with Gasteiger partial charge >= 0.3 is 7.41 Å². The number of hydrogen-bond acceptors (Lipinski definition) is 9. The van der Waals surface area contributed by atoms with E-state index in [0.29, 0.717) is 36.9 Å². The Kier molecular flexibility index (Phi) is 9.03. The third-order valence-corrected chi connectivity index (χ3v) is 13.7. The fourth-order valence-electron chi connectivity index (χ4n) is 5.68. The number of benzene rings is 1. The molecule has 2 aliphatic rings. The summed E-state index contributed by atoms with van der Waals surface area (Å²) in [4.78, 5) is 22.8. The lowest BCUT2D eigenvalue weighted by molar-refractivity contribution is 0.00432. The van der Waals surface area contributed by atoms with E-state index in [4.69, 9.17) is 14.1 Å². The molecule has 1 aromatic carbocycles. The molecule has 1 fully saturated rings. The van der Waals surface area contributed by atoms with Gasteiger partial charge in [-0.15, -0.1) is 0 Å². The molecule has 0 spiro atoms. The normalized spacial score (nSPS) is 20.2. The number of rotatable bonds is 10. The smallest absolute Gasteiger partial charge is 0.329 e. The lowest BCUT2D eigenvalue weighted by atomic mass is 9.83. The molecular weight excluding hydrogens is 569 g/mol. The highest BCUT2D eigenvalue weighted by Crippen LogP contribution is 2.46. The first-order valence-corrected chi connectivity index (χ1v) is 18.3. The summed E-state index contributed by atoms with van der Waals surface area (Å²) in [6.45, 7) is 17.7. The maximum Gasteiger partial charge on any atom is 0.329 e. The van der Waals surface area contributed by atoms with Crippen LogP contribution >= 0.6 is 0 Å². The molecule has 44 heavy (non-hydrogen) atoms. The quantitative estimate of drug-likeness (QED) is 0.226. The van der Waals surface area contributed by atoms with Crippen molar-refractivity contribution in [2.75, 3.05) is 29.9 Å². The van der Waals surface area contributed by atoms with Crippen LogP contribution in [0.2, 0.25) is 18.1 Å². The molecule has 3 aromatic rings. The minimum atomic E-state index is -2.05. The first-order chi connectivity index (χ1) is 20.8. The zero-order valence-corrected chi connectivity index (χ0v) is 28.0. The van der Waals surface area contributed by atoms with E-state index >= 15 is 0 Å². The predicted molar refractivity (Wildman–Crippen MR) is 176 cm³/mol. The van der Waals surface area contributed by atoms with E-state index < -0.39 is 13.7 Å². The molecule has 5 rings (SSSR count). The van der Waals surface area contributed by atoms with Crippen molar-refractivity contribution in [1.82, 2.24) is 19.7 Å². The van der Waals surface area contributed by atoms with Crippen LogP contribution in [0.5, 0.6) is 0 Å². The van der Waals surface area contributed by atoms with Crippen LogP contribution in [0.4, 0.5) is 17.5 Å². The van der Waals surface area contributed by atoms with Crippen molar-refractivity contribution in [3.63, 3.8) is 0 Å². The molecule has 4 heterocycles. The zero-order chi connectivity index (χ0) is 31.7. The lowest BCUT2D eigenvalue weighted by Gasteiger charge is -2.39. The average molecular weight is 613 g/mol. The standard InChI is InChI=1S/C32H43BN7O3Si/c1-22-14-28(40(38-22)18-25-10-8-9-13-42-25)37-30-35-12-11-27(36-30)23-15-24(17-34)29-26(16-23)32(5,19-39(29)33-21-41)20-43-44(6,7)31(2,3)4/h11-12,14-16,21,25H,8-10,13,18-20H2,1-7H3,(H,35,36,37)/t25?,32-/m1/s1. The molecule has 0 amide bonds. The third-order valence-electron chi connectivity index (χ3n) is 9.23. The van der Waals surface area contributed by atoms with Gasteiger partial charge in [0.25, 0.3) is 0 Å². The minimum absolute atomic E-state index is 0.0563. The molecular formula is C32H43BN7O3Si. The molecule has 1 unspecified atom stereocenters. The Morgan fingerprint density at radius 2 is 2.09 bits per heavy atom. The van der Waals surface area contributed by atoms with Crippen LogP contribution in [0.25, 0.3) is 11.3 Å². The molecule has 1 N–H and O–H groups in total. The average Bonchev–Trinajstić information content (AvgIpc) is 3.47. The molecule has 10 nitrogen and oxygen atoms in total. The Hall–Kier alpha value is -3.53. The second-order valence-corrected chi connectivity index (χ2v) is 18.6. The SMILES string of the molecule is Cc1cc(Nc2nccc(-c3cc(C#N)c4c(c3)[C@@](C)(CO[Si](C)(C)C(C)(C)C)CN4[B]C=O)n2)n(CC2CCCCO2)n1. The van der Waals surface area contributed by atoms with E-state index in [2.05, 4.69) is 68.3 Å². The summed E-state index contributed by atoms with van der Waals surface area (Å²) in [5.41, 5.74) is 4.15. The number of nitrogens with zero attached hydrogens (tertiary/aromatic N) is 6. The molecule has 2 atom stereocenters. The number of hydrogen-bond donors (Lipinski definition) is 1. The van der Waals surface area contributed by atoms with Gasteiger partial charge in [-0.2, -0.15) is 10.4 Å². The first-order valence-electron chi connectivity index (χ1n) is 15.4. The fraction of sp³-hybridized carbons (Fsp3) is 0.531. The first kappa shape index (κ1) is 31.9. The summed E-state index contributed by atoms with van der Waals surface area (Å²) in [6, 6.07) is 10.1. The number of fused-ring (bicyclic) bond motifs is 1. The maximum atomic E-state index is 11.6. The Labute approximate surface area is 262 Å². The fourth-order valence-corrected chi connectivity index (χ4v) is 6.79. The molecule has 2 aliphatic heterocycles. The van der Waals surface area contributed by atoms with Gasteiger partial charge in [-0.05, 0) is 68.1 Å². The predicted octanol–water partition coefficient (Wildman–Crippen LogP) is 5.74.